The predicted molar refractivity (Wildman–Crippen MR) is 261 cm³/mol. The van der Waals surface area contributed by atoms with E-state index >= 15 is 0 Å². The average molecular weight is 796 g/mol. The average Bonchev–Trinajstić information content (AvgIpc) is 3.92. The van der Waals surface area contributed by atoms with Gasteiger partial charge < -0.3 is 9.32 Å². The SMILES string of the molecule is c1ccc(-c2cc(-c3ccccc3)cc(-c3ccc(N(c4cccc(-c5cccc6c5sc5ccccc56)c4)c4cccc5oc6c7ccccc7ccc6c45)cc3)c2)cc1. The molecule has 0 aliphatic carbocycles. The second-order valence-electron chi connectivity index (χ2n) is 15.7. The Morgan fingerprint density at radius 1 is 0.361 bits per heavy atom. The number of hydrogen-bond acceptors (Lipinski definition) is 3. The number of fused-ring (bicyclic) bond motifs is 8. The van der Waals surface area contributed by atoms with Gasteiger partial charge in [0.1, 0.15) is 11.2 Å². The summed E-state index contributed by atoms with van der Waals surface area (Å²) in [5.41, 5.74) is 14.5. The zero-order chi connectivity index (χ0) is 40.3. The Hall–Kier alpha value is -7.72. The minimum atomic E-state index is 0.864. The Kier molecular flexibility index (Phi) is 8.39. The molecule has 0 fully saturated rings. The molecule has 2 heterocycles. The lowest BCUT2D eigenvalue weighted by Crippen LogP contribution is -2.10. The van der Waals surface area contributed by atoms with Crippen molar-refractivity contribution in [3.8, 4) is 44.5 Å². The van der Waals surface area contributed by atoms with Gasteiger partial charge in [0.05, 0.1) is 11.1 Å². The number of rotatable bonds is 7. The van der Waals surface area contributed by atoms with Gasteiger partial charge in [0.15, 0.2) is 0 Å². The van der Waals surface area contributed by atoms with E-state index in [4.69, 9.17) is 4.42 Å². The number of nitrogens with zero attached hydrogens (tertiary/aromatic N) is 1. The maximum absolute atomic E-state index is 6.75. The van der Waals surface area contributed by atoms with Crippen LogP contribution < -0.4 is 4.90 Å². The third-order valence-electron chi connectivity index (χ3n) is 12.0. The lowest BCUT2D eigenvalue weighted by molar-refractivity contribution is 0.672. The van der Waals surface area contributed by atoms with Gasteiger partial charge >= 0.3 is 0 Å². The van der Waals surface area contributed by atoms with Gasteiger partial charge in [-0.25, -0.2) is 0 Å². The van der Waals surface area contributed by atoms with Gasteiger partial charge in [0.2, 0.25) is 0 Å². The summed E-state index contributed by atoms with van der Waals surface area (Å²) in [5.74, 6) is 0. The molecule has 0 saturated heterocycles. The molecule has 0 aliphatic heterocycles. The second-order valence-corrected chi connectivity index (χ2v) is 16.7. The summed E-state index contributed by atoms with van der Waals surface area (Å²) in [6, 6.07) is 81.1. The second kappa shape index (κ2) is 14.5. The fourth-order valence-electron chi connectivity index (χ4n) is 9.13. The molecule has 0 aliphatic rings. The third-order valence-corrected chi connectivity index (χ3v) is 13.3. The molecule has 0 saturated carbocycles. The van der Waals surface area contributed by atoms with Crippen LogP contribution >= 0.6 is 11.3 Å². The van der Waals surface area contributed by atoms with Gasteiger partial charge in [-0.05, 0) is 117 Å². The zero-order valence-electron chi connectivity index (χ0n) is 33.1. The summed E-state index contributed by atoms with van der Waals surface area (Å²) in [7, 11) is 0. The van der Waals surface area contributed by atoms with Crippen molar-refractivity contribution in [2.45, 2.75) is 0 Å². The maximum atomic E-state index is 6.75. The summed E-state index contributed by atoms with van der Waals surface area (Å²) < 4.78 is 9.35. The van der Waals surface area contributed by atoms with Gasteiger partial charge in [-0.1, -0.05) is 158 Å². The Labute approximate surface area is 357 Å². The molecule has 2 aromatic heterocycles. The number of anilines is 3. The fourth-order valence-corrected chi connectivity index (χ4v) is 10.4. The molecule has 12 rings (SSSR count). The minimum absolute atomic E-state index is 0.864. The van der Waals surface area contributed by atoms with E-state index in [-0.39, 0.29) is 0 Å². The normalized spacial score (nSPS) is 11.6. The summed E-state index contributed by atoms with van der Waals surface area (Å²) in [6.07, 6.45) is 0. The van der Waals surface area contributed by atoms with Crippen molar-refractivity contribution in [2.75, 3.05) is 4.90 Å². The smallest absolute Gasteiger partial charge is 0.143 e. The Morgan fingerprint density at radius 2 is 0.967 bits per heavy atom. The fraction of sp³-hybridized carbons (Fsp3) is 0. The van der Waals surface area contributed by atoms with Crippen molar-refractivity contribution in [3.05, 3.63) is 224 Å². The molecule has 2 nitrogen and oxygen atoms in total. The van der Waals surface area contributed by atoms with Crippen LogP contribution in [0.15, 0.2) is 229 Å². The number of benzene rings is 10. The molecule has 0 bridgehead atoms. The van der Waals surface area contributed by atoms with Gasteiger partial charge in [0.25, 0.3) is 0 Å². The highest BCUT2D eigenvalue weighted by atomic mass is 32.1. The van der Waals surface area contributed by atoms with E-state index in [0.29, 0.717) is 0 Å². The van der Waals surface area contributed by atoms with Crippen molar-refractivity contribution >= 4 is 81.3 Å². The first-order valence-corrected chi connectivity index (χ1v) is 21.6. The highest BCUT2D eigenvalue weighted by molar-refractivity contribution is 7.26. The number of furan rings is 1. The van der Waals surface area contributed by atoms with E-state index in [2.05, 4.69) is 229 Å². The van der Waals surface area contributed by atoms with E-state index in [9.17, 15) is 0 Å². The van der Waals surface area contributed by atoms with Crippen molar-refractivity contribution in [3.63, 3.8) is 0 Å². The molecule has 0 spiro atoms. The molecule has 0 N–H and O–H groups in total. The predicted octanol–water partition coefficient (Wildman–Crippen LogP) is 17.2. The molecule has 0 unspecified atom stereocenters. The molecular weight excluding hydrogens is 759 g/mol. The highest BCUT2D eigenvalue weighted by Gasteiger charge is 2.22. The Bertz CT molecular complexity index is 3530. The van der Waals surface area contributed by atoms with Crippen LogP contribution in [-0.4, -0.2) is 0 Å². The van der Waals surface area contributed by atoms with Crippen LogP contribution in [0, 0.1) is 0 Å². The lowest BCUT2D eigenvalue weighted by atomic mass is 9.93. The first-order valence-electron chi connectivity index (χ1n) is 20.7. The number of thiophene rings is 1. The summed E-state index contributed by atoms with van der Waals surface area (Å²) in [4.78, 5) is 2.40. The largest absolute Gasteiger partial charge is 0.455 e. The van der Waals surface area contributed by atoms with Crippen LogP contribution in [0.1, 0.15) is 0 Å². The zero-order valence-corrected chi connectivity index (χ0v) is 33.9. The molecular formula is C58H37NOS. The molecule has 286 valence electrons. The molecule has 0 amide bonds. The van der Waals surface area contributed by atoms with E-state index in [0.717, 1.165) is 55.3 Å². The van der Waals surface area contributed by atoms with Crippen molar-refractivity contribution in [2.24, 2.45) is 0 Å². The van der Waals surface area contributed by atoms with Crippen LogP contribution in [0.2, 0.25) is 0 Å². The third kappa shape index (κ3) is 6.09. The molecule has 10 aromatic carbocycles. The van der Waals surface area contributed by atoms with E-state index in [1.807, 2.05) is 11.3 Å². The van der Waals surface area contributed by atoms with E-state index in [1.165, 1.54) is 59.1 Å². The van der Waals surface area contributed by atoms with Crippen molar-refractivity contribution < 1.29 is 4.42 Å². The van der Waals surface area contributed by atoms with Crippen LogP contribution in [-0.2, 0) is 0 Å². The highest BCUT2D eigenvalue weighted by Crippen LogP contribution is 2.47. The lowest BCUT2D eigenvalue weighted by Gasteiger charge is -2.27. The molecule has 12 aromatic rings. The molecule has 61 heavy (non-hydrogen) atoms. The summed E-state index contributed by atoms with van der Waals surface area (Å²) in [6.45, 7) is 0. The minimum Gasteiger partial charge on any atom is -0.455 e. The first kappa shape index (κ1) is 35.2. The van der Waals surface area contributed by atoms with Crippen LogP contribution in [0.4, 0.5) is 17.1 Å². The molecule has 0 radical (unpaired) electrons. The summed E-state index contributed by atoms with van der Waals surface area (Å²) >= 11 is 1.87. The Balaban J connectivity index is 1.04. The summed E-state index contributed by atoms with van der Waals surface area (Å²) in [5, 5.41) is 7.07. The monoisotopic (exact) mass is 795 g/mol. The maximum Gasteiger partial charge on any atom is 0.143 e. The van der Waals surface area contributed by atoms with Gasteiger partial charge in [-0.15, -0.1) is 11.3 Å². The van der Waals surface area contributed by atoms with Crippen molar-refractivity contribution in [1.82, 2.24) is 0 Å². The van der Waals surface area contributed by atoms with E-state index in [1.54, 1.807) is 0 Å². The quantitative estimate of drug-likeness (QED) is 0.160. The van der Waals surface area contributed by atoms with Gasteiger partial charge in [-0.3, -0.25) is 0 Å². The van der Waals surface area contributed by atoms with Gasteiger partial charge in [0, 0.05) is 42.3 Å². The topological polar surface area (TPSA) is 16.4 Å². The molecule has 0 atom stereocenters. The van der Waals surface area contributed by atoms with Crippen molar-refractivity contribution in [1.29, 1.82) is 0 Å². The molecule has 3 heteroatoms. The van der Waals surface area contributed by atoms with Crippen LogP contribution in [0.5, 0.6) is 0 Å². The van der Waals surface area contributed by atoms with Gasteiger partial charge in [-0.2, -0.15) is 0 Å². The first-order chi connectivity index (χ1) is 30.2. The van der Waals surface area contributed by atoms with Crippen LogP contribution in [0.3, 0.4) is 0 Å². The van der Waals surface area contributed by atoms with E-state index < -0.39 is 0 Å². The standard InChI is InChI=1S/C58H37NOS/c1-3-14-38(15-4-1)43-34-44(39-16-5-2-6-17-39)36-45(35-43)40-28-31-46(32-29-40)59(53-25-13-26-54-56(53)52-33-30-41-18-7-8-21-48(41)57(52)60-54)47-20-11-19-42(37-47)49-23-12-24-51-50-22-9-10-27-55(50)61-58(49)51/h1-37H. The Morgan fingerprint density at radius 3 is 1.72 bits per heavy atom. The van der Waals surface area contributed by atoms with Crippen LogP contribution in [0.25, 0.3) is 97.4 Å². The number of hydrogen-bond donors (Lipinski definition) is 0.